The average molecular weight is 509 g/mol. The molecule has 6 rings (SSSR count). The lowest BCUT2D eigenvalue weighted by molar-refractivity contribution is -0.927. The highest BCUT2D eigenvalue weighted by atomic mass is 127. The third kappa shape index (κ3) is 2.61. The molecule has 0 fully saturated rings. The van der Waals surface area contributed by atoms with Crippen LogP contribution in [0.1, 0.15) is 39.2 Å². The van der Waals surface area contributed by atoms with E-state index in [0.29, 0.717) is 21.5 Å². The SMILES string of the molecule is C[N+]1(C)CCc2cc3c(cc2[C@@H]1[C@H]1OC(=O)c2c1ccc1c2OCO1)OCO3.[I-]. The van der Waals surface area contributed by atoms with E-state index in [9.17, 15) is 4.79 Å². The summed E-state index contributed by atoms with van der Waals surface area (Å²) in [6.45, 7) is 1.30. The van der Waals surface area contributed by atoms with Crippen LogP contribution in [0.5, 0.6) is 23.0 Å². The van der Waals surface area contributed by atoms with Gasteiger partial charge in [-0.05, 0) is 23.8 Å². The molecule has 0 N–H and O–H groups in total. The predicted molar refractivity (Wildman–Crippen MR) is 96.7 cm³/mol. The molecule has 2 atom stereocenters. The number of hydrogen-bond donors (Lipinski definition) is 0. The second-order valence-electron chi connectivity index (χ2n) is 8.19. The van der Waals surface area contributed by atoms with Gasteiger partial charge in [0.15, 0.2) is 35.1 Å². The van der Waals surface area contributed by atoms with Crippen LogP contribution >= 0.6 is 0 Å². The Hall–Kier alpha value is -2.20. The molecule has 0 saturated heterocycles. The van der Waals surface area contributed by atoms with Crippen molar-refractivity contribution in [2.75, 3.05) is 34.2 Å². The predicted octanol–water partition coefficient (Wildman–Crippen LogP) is -0.267. The van der Waals surface area contributed by atoms with E-state index in [4.69, 9.17) is 23.7 Å². The van der Waals surface area contributed by atoms with Gasteiger partial charge in [-0.1, -0.05) is 6.07 Å². The number of esters is 1. The molecule has 4 heterocycles. The lowest BCUT2D eigenvalue weighted by Crippen LogP contribution is -3.00. The van der Waals surface area contributed by atoms with E-state index in [1.807, 2.05) is 12.1 Å². The van der Waals surface area contributed by atoms with E-state index >= 15 is 0 Å². The minimum atomic E-state index is -0.397. The van der Waals surface area contributed by atoms with Gasteiger partial charge < -0.3 is 52.1 Å². The molecule has 0 aliphatic carbocycles. The lowest BCUT2D eigenvalue weighted by Gasteiger charge is -2.44. The first kappa shape index (κ1) is 18.8. The summed E-state index contributed by atoms with van der Waals surface area (Å²) in [5, 5.41) is 0. The van der Waals surface area contributed by atoms with Crippen LogP contribution in [0.25, 0.3) is 0 Å². The third-order valence-corrected chi connectivity index (χ3v) is 6.27. The fourth-order valence-corrected chi connectivity index (χ4v) is 4.85. The quantitative estimate of drug-likeness (QED) is 0.300. The Labute approximate surface area is 185 Å². The molecule has 7 nitrogen and oxygen atoms in total. The van der Waals surface area contributed by atoms with Crippen LogP contribution in [0.3, 0.4) is 0 Å². The molecular weight excluding hydrogens is 489 g/mol. The maximum absolute atomic E-state index is 12.8. The Morgan fingerprint density at radius 2 is 1.66 bits per heavy atom. The molecule has 8 heteroatoms. The van der Waals surface area contributed by atoms with Crippen molar-refractivity contribution in [3.8, 4) is 23.0 Å². The summed E-state index contributed by atoms with van der Waals surface area (Å²) in [4.78, 5) is 12.8. The molecule has 2 aromatic carbocycles. The number of quaternary nitrogens is 1. The first-order valence-electron chi connectivity index (χ1n) is 9.41. The minimum Gasteiger partial charge on any atom is -1.00 e. The number of ether oxygens (including phenoxy) is 5. The monoisotopic (exact) mass is 509 g/mol. The zero-order chi connectivity index (χ0) is 19.0. The van der Waals surface area contributed by atoms with Gasteiger partial charge in [-0.2, -0.15) is 0 Å². The van der Waals surface area contributed by atoms with E-state index in [0.717, 1.165) is 35.6 Å². The van der Waals surface area contributed by atoms with Crippen LogP contribution in [-0.2, 0) is 11.2 Å². The number of fused-ring (bicyclic) bond motifs is 5. The number of rotatable bonds is 1. The van der Waals surface area contributed by atoms with Crippen molar-refractivity contribution < 1.29 is 56.9 Å². The first-order chi connectivity index (χ1) is 13.5. The molecule has 0 radical (unpaired) electrons. The van der Waals surface area contributed by atoms with E-state index in [1.165, 1.54) is 5.56 Å². The zero-order valence-electron chi connectivity index (χ0n) is 16.1. The Morgan fingerprint density at radius 1 is 0.931 bits per heavy atom. The van der Waals surface area contributed by atoms with Crippen molar-refractivity contribution in [1.82, 2.24) is 0 Å². The van der Waals surface area contributed by atoms with Gasteiger partial charge in [0.1, 0.15) is 5.56 Å². The second kappa shape index (κ2) is 6.40. The van der Waals surface area contributed by atoms with Crippen LogP contribution in [-0.4, -0.2) is 44.7 Å². The van der Waals surface area contributed by atoms with Gasteiger partial charge in [0.25, 0.3) is 0 Å². The zero-order valence-corrected chi connectivity index (χ0v) is 18.2. The molecule has 0 unspecified atom stereocenters. The summed E-state index contributed by atoms with van der Waals surface area (Å²) in [5.74, 6) is 2.28. The molecular formula is C21H20INO6. The van der Waals surface area contributed by atoms with Crippen LogP contribution < -0.4 is 42.9 Å². The Kier molecular flexibility index (Phi) is 4.15. The summed E-state index contributed by atoms with van der Waals surface area (Å²) in [5.41, 5.74) is 3.71. The maximum atomic E-state index is 12.8. The van der Waals surface area contributed by atoms with E-state index in [2.05, 4.69) is 26.2 Å². The summed E-state index contributed by atoms with van der Waals surface area (Å²) in [7, 11) is 4.36. The van der Waals surface area contributed by atoms with Crippen molar-refractivity contribution >= 4 is 5.97 Å². The first-order valence-corrected chi connectivity index (χ1v) is 9.41. The van der Waals surface area contributed by atoms with Gasteiger partial charge >= 0.3 is 5.97 Å². The number of carbonyl (C=O) groups is 1. The van der Waals surface area contributed by atoms with Gasteiger partial charge in [0.05, 0.1) is 20.6 Å². The van der Waals surface area contributed by atoms with Crippen molar-refractivity contribution in [2.24, 2.45) is 0 Å². The van der Waals surface area contributed by atoms with E-state index in [1.54, 1.807) is 0 Å². The smallest absolute Gasteiger partial charge is 0.343 e. The van der Waals surface area contributed by atoms with Gasteiger partial charge in [-0.25, -0.2) is 4.79 Å². The van der Waals surface area contributed by atoms with Crippen molar-refractivity contribution in [1.29, 1.82) is 0 Å². The number of likely N-dealkylation sites (N-methyl/N-ethyl adjacent to an activating group) is 1. The summed E-state index contributed by atoms with van der Waals surface area (Å²) >= 11 is 0. The average Bonchev–Trinajstić information content (AvgIpc) is 3.37. The molecule has 0 amide bonds. The van der Waals surface area contributed by atoms with Crippen molar-refractivity contribution in [3.63, 3.8) is 0 Å². The molecule has 0 spiro atoms. The largest absolute Gasteiger partial charge is 1.00 e. The topological polar surface area (TPSA) is 63.2 Å². The van der Waals surface area contributed by atoms with Gasteiger partial charge in [0.2, 0.25) is 13.6 Å². The minimum absolute atomic E-state index is 0. The Bertz CT molecular complexity index is 1040. The number of benzene rings is 2. The third-order valence-electron chi connectivity index (χ3n) is 6.27. The standard InChI is InChI=1S/C21H20NO6.HI/c1-22(2)6-5-11-7-15-16(26-9-25-15)8-13(11)18(22)19-12-3-4-14-20(27-10-24-14)17(12)21(23)28-19;/h3-4,7-8,18-19H,5-6,9-10H2,1-2H3;1H/q+1;/p-1/t18-,19+;/m1./s1. The fourth-order valence-electron chi connectivity index (χ4n) is 4.85. The molecule has 4 aliphatic rings. The molecule has 2 aromatic rings. The van der Waals surface area contributed by atoms with Crippen LogP contribution in [0.2, 0.25) is 0 Å². The Balaban J connectivity index is 0.00000181. The summed E-state index contributed by atoms with van der Waals surface area (Å²) < 4.78 is 28.8. The number of halogens is 1. The number of cyclic esters (lactones) is 1. The van der Waals surface area contributed by atoms with Gasteiger partial charge in [0, 0.05) is 17.5 Å². The molecule has 29 heavy (non-hydrogen) atoms. The highest BCUT2D eigenvalue weighted by Crippen LogP contribution is 2.53. The highest BCUT2D eigenvalue weighted by Gasteiger charge is 2.50. The maximum Gasteiger partial charge on any atom is 0.343 e. The normalized spacial score (nSPS) is 24.4. The molecule has 152 valence electrons. The molecule has 0 saturated carbocycles. The molecule has 0 bridgehead atoms. The molecule has 0 aromatic heterocycles. The van der Waals surface area contributed by atoms with Gasteiger partial charge in [-0.15, -0.1) is 0 Å². The van der Waals surface area contributed by atoms with E-state index < -0.39 is 6.10 Å². The number of nitrogens with zero attached hydrogens (tertiary/aromatic N) is 1. The van der Waals surface area contributed by atoms with Crippen LogP contribution in [0, 0.1) is 0 Å². The van der Waals surface area contributed by atoms with Crippen LogP contribution in [0.4, 0.5) is 0 Å². The summed E-state index contributed by atoms with van der Waals surface area (Å²) in [6, 6.07) is 7.87. The van der Waals surface area contributed by atoms with Crippen LogP contribution in [0.15, 0.2) is 24.3 Å². The fraction of sp³-hybridized carbons (Fsp3) is 0.381. The van der Waals surface area contributed by atoms with E-state index in [-0.39, 0.29) is 49.6 Å². The van der Waals surface area contributed by atoms with Crippen molar-refractivity contribution in [3.05, 3.63) is 46.5 Å². The number of carbonyl (C=O) groups excluding carboxylic acids is 1. The number of hydrogen-bond acceptors (Lipinski definition) is 6. The Morgan fingerprint density at radius 3 is 2.48 bits per heavy atom. The van der Waals surface area contributed by atoms with Gasteiger partial charge in [-0.3, -0.25) is 0 Å². The molecule has 4 aliphatic heterocycles. The second-order valence-corrected chi connectivity index (χ2v) is 8.19. The summed E-state index contributed by atoms with van der Waals surface area (Å²) in [6.07, 6.45) is 0.538. The highest BCUT2D eigenvalue weighted by molar-refractivity contribution is 5.98. The van der Waals surface area contributed by atoms with Crippen molar-refractivity contribution in [2.45, 2.75) is 18.6 Å². The lowest BCUT2D eigenvalue weighted by atomic mass is 9.84.